The lowest BCUT2D eigenvalue weighted by molar-refractivity contribution is -0.137. The smallest absolute Gasteiger partial charge is 0.334 e. The number of rotatable bonds is 1. The molecule has 1 atom stereocenters. The van der Waals surface area contributed by atoms with Gasteiger partial charge in [0.15, 0.2) is 5.17 Å². The van der Waals surface area contributed by atoms with Crippen LogP contribution in [0, 0.1) is 0 Å². The minimum atomic E-state index is -4.34. The van der Waals surface area contributed by atoms with Crippen molar-refractivity contribution in [2.45, 2.75) is 18.3 Å². The van der Waals surface area contributed by atoms with Gasteiger partial charge in [-0.2, -0.15) is 13.2 Å². The Kier molecular flexibility index (Phi) is 3.91. The van der Waals surface area contributed by atoms with Crippen molar-refractivity contribution in [3.63, 3.8) is 0 Å². The first kappa shape index (κ1) is 13.7. The minimum absolute atomic E-state index is 0.358. The maximum atomic E-state index is 12.6. The molecule has 1 unspecified atom stereocenters. The predicted octanol–water partition coefficient (Wildman–Crippen LogP) is 4.37. The third-order valence-electron chi connectivity index (χ3n) is 2.34. The van der Waals surface area contributed by atoms with Crippen molar-refractivity contribution in [2.24, 2.45) is 4.99 Å². The summed E-state index contributed by atoms with van der Waals surface area (Å²) < 4.78 is 38.4. The van der Waals surface area contributed by atoms with E-state index in [0.29, 0.717) is 27.1 Å². The molecule has 1 aromatic rings. The minimum Gasteiger partial charge on any atom is -0.334 e. The second kappa shape index (κ2) is 5.13. The molecule has 7 heteroatoms. The van der Waals surface area contributed by atoms with Gasteiger partial charge in [0.2, 0.25) is 0 Å². The van der Waals surface area contributed by atoms with Crippen LogP contribution in [0.1, 0.15) is 12.5 Å². The molecule has 0 amide bonds. The Morgan fingerprint density at radius 3 is 2.72 bits per heavy atom. The van der Waals surface area contributed by atoms with Crippen molar-refractivity contribution >= 4 is 38.5 Å². The lowest BCUT2D eigenvalue weighted by Crippen LogP contribution is -2.09. The van der Waals surface area contributed by atoms with Crippen LogP contribution in [-0.2, 0) is 6.18 Å². The molecule has 18 heavy (non-hydrogen) atoms. The van der Waals surface area contributed by atoms with Crippen molar-refractivity contribution in [1.29, 1.82) is 0 Å². The van der Waals surface area contributed by atoms with Crippen LogP contribution < -0.4 is 5.32 Å². The number of anilines is 1. The third kappa shape index (κ3) is 3.20. The van der Waals surface area contributed by atoms with E-state index in [-0.39, 0.29) is 0 Å². The maximum Gasteiger partial charge on any atom is 0.416 e. The van der Waals surface area contributed by atoms with Crippen LogP contribution in [0.25, 0.3) is 0 Å². The van der Waals surface area contributed by atoms with Crippen LogP contribution in [0.15, 0.2) is 27.7 Å². The average molecular weight is 339 g/mol. The van der Waals surface area contributed by atoms with Crippen molar-refractivity contribution < 1.29 is 13.2 Å². The Labute approximate surface area is 115 Å². The molecule has 0 aliphatic carbocycles. The summed E-state index contributed by atoms with van der Waals surface area (Å²) in [5.41, 5.74) is -0.296. The summed E-state index contributed by atoms with van der Waals surface area (Å²) in [5.74, 6) is 0. The molecule has 2 nitrogen and oxygen atoms in total. The van der Waals surface area contributed by atoms with Gasteiger partial charge in [-0.1, -0.05) is 18.7 Å². The van der Waals surface area contributed by atoms with Crippen molar-refractivity contribution in [1.82, 2.24) is 0 Å². The molecule has 0 saturated carbocycles. The largest absolute Gasteiger partial charge is 0.416 e. The first-order valence-corrected chi connectivity index (χ1v) is 6.88. The maximum absolute atomic E-state index is 12.6. The fourth-order valence-electron chi connectivity index (χ4n) is 1.46. The topological polar surface area (TPSA) is 24.4 Å². The van der Waals surface area contributed by atoms with Gasteiger partial charge in [0, 0.05) is 9.72 Å². The molecule has 98 valence electrons. The molecule has 1 aliphatic rings. The molecule has 2 rings (SSSR count). The lowest BCUT2D eigenvalue weighted by Gasteiger charge is -2.12. The summed E-state index contributed by atoms with van der Waals surface area (Å²) in [5, 5.41) is 3.93. The molecule has 0 fully saturated rings. The SMILES string of the molecule is CC1CN=C(Nc2cc(C(F)(F)F)ccc2Br)S1. The first-order chi connectivity index (χ1) is 8.36. The Morgan fingerprint density at radius 2 is 2.17 bits per heavy atom. The van der Waals surface area contributed by atoms with E-state index < -0.39 is 11.7 Å². The van der Waals surface area contributed by atoms with Gasteiger partial charge in [-0.25, -0.2) is 0 Å². The molecule has 0 radical (unpaired) electrons. The predicted molar refractivity (Wildman–Crippen MR) is 72.1 cm³/mol. The number of aliphatic imine (C=N–C) groups is 1. The molecule has 0 bridgehead atoms. The van der Waals surface area contributed by atoms with Crippen LogP contribution in [-0.4, -0.2) is 17.0 Å². The number of benzene rings is 1. The number of halogens is 4. The van der Waals surface area contributed by atoms with Crippen LogP contribution in [0.4, 0.5) is 18.9 Å². The van der Waals surface area contributed by atoms with E-state index in [1.807, 2.05) is 6.92 Å². The van der Waals surface area contributed by atoms with Gasteiger partial charge < -0.3 is 5.32 Å². The Hall–Kier alpha value is -0.690. The second-order valence-electron chi connectivity index (χ2n) is 3.89. The van der Waals surface area contributed by atoms with Crippen LogP contribution in [0.5, 0.6) is 0 Å². The van der Waals surface area contributed by atoms with Gasteiger partial charge in [0.1, 0.15) is 0 Å². The molecule has 0 aromatic heterocycles. The molecule has 0 spiro atoms. The summed E-state index contributed by atoms with van der Waals surface area (Å²) in [6.07, 6.45) is -4.34. The summed E-state index contributed by atoms with van der Waals surface area (Å²) >= 11 is 4.74. The van der Waals surface area contributed by atoms with Crippen molar-refractivity contribution in [2.75, 3.05) is 11.9 Å². The van der Waals surface area contributed by atoms with Gasteiger partial charge in [-0.15, -0.1) is 0 Å². The third-order valence-corrected chi connectivity index (χ3v) is 4.04. The number of hydrogen-bond donors (Lipinski definition) is 1. The van der Waals surface area contributed by atoms with Gasteiger partial charge >= 0.3 is 6.18 Å². The van der Waals surface area contributed by atoms with Gasteiger partial charge in [-0.05, 0) is 34.1 Å². The fraction of sp³-hybridized carbons (Fsp3) is 0.364. The van der Waals surface area contributed by atoms with Crippen molar-refractivity contribution in [3.8, 4) is 0 Å². The summed E-state index contributed by atoms with van der Waals surface area (Å²) in [6.45, 7) is 2.70. The van der Waals surface area contributed by atoms with Crippen LogP contribution in [0.2, 0.25) is 0 Å². The Morgan fingerprint density at radius 1 is 1.44 bits per heavy atom. The highest BCUT2D eigenvalue weighted by Gasteiger charge is 2.31. The molecule has 1 aliphatic heterocycles. The van der Waals surface area contributed by atoms with Gasteiger partial charge in [0.25, 0.3) is 0 Å². The molecule has 1 aromatic carbocycles. The van der Waals surface area contributed by atoms with E-state index in [4.69, 9.17) is 0 Å². The zero-order valence-corrected chi connectivity index (χ0v) is 11.8. The standard InChI is InChI=1S/C11H10BrF3N2S/c1-6-5-16-10(18-6)17-9-4-7(11(13,14)15)2-3-8(9)12/h2-4,6H,5H2,1H3,(H,16,17). The van der Waals surface area contributed by atoms with E-state index in [9.17, 15) is 13.2 Å². The van der Waals surface area contributed by atoms with E-state index in [1.165, 1.54) is 17.8 Å². The highest BCUT2D eigenvalue weighted by Crippen LogP contribution is 2.34. The summed E-state index contributed by atoms with van der Waals surface area (Å²) in [7, 11) is 0. The number of nitrogens with zero attached hydrogens (tertiary/aromatic N) is 1. The second-order valence-corrected chi connectivity index (χ2v) is 6.17. The zero-order chi connectivity index (χ0) is 13.3. The molecule has 0 saturated heterocycles. The Bertz CT molecular complexity index is 488. The highest BCUT2D eigenvalue weighted by atomic mass is 79.9. The van der Waals surface area contributed by atoms with Crippen LogP contribution >= 0.6 is 27.7 Å². The zero-order valence-electron chi connectivity index (χ0n) is 9.38. The highest BCUT2D eigenvalue weighted by molar-refractivity contribution is 9.10. The molecular weight excluding hydrogens is 329 g/mol. The van der Waals surface area contributed by atoms with E-state index in [0.717, 1.165) is 12.1 Å². The molecule has 1 heterocycles. The monoisotopic (exact) mass is 338 g/mol. The number of amidine groups is 1. The van der Waals surface area contributed by atoms with Gasteiger partial charge in [-0.3, -0.25) is 4.99 Å². The molecule has 1 N–H and O–H groups in total. The normalized spacial score (nSPS) is 19.8. The number of thioether (sulfide) groups is 1. The summed E-state index contributed by atoms with van der Waals surface area (Å²) in [4.78, 5) is 4.21. The van der Waals surface area contributed by atoms with Gasteiger partial charge in [0.05, 0.1) is 17.8 Å². The number of alkyl halides is 3. The average Bonchev–Trinajstić information content (AvgIpc) is 2.66. The quantitative estimate of drug-likeness (QED) is 0.822. The van der Waals surface area contributed by atoms with E-state index >= 15 is 0 Å². The number of nitrogens with one attached hydrogen (secondary N) is 1. The Balaban J connectivity index is 2.22. The molecular formula is C11H10BrF3N2S. The van der Waals surface area contributed by atoms with Crippen LogP contribution in [0.3, 0.4) is 0 Å². The summed E-state index contributed by atoms with van der Waals surface area (Å²) in [6, 6.07) is 3.51. The van der Waals surface area contributed by atoms with Crippen molar-refractivity contribution in [3.05, 3.63) is 28.2 Å². The van der Waals surface area contributed by atoms with E-state index in [2.05, 4.69) is 26.2 Å². The lowest BCUT2D eigenvalue weighted by atomic mass is 10.2. The van der Waals surface area contributed by atoms with E-state index in [1.54, 1.807) is 0 Å². The first-order valence-electron chi connectivity index (χ1n) is 5.21. The number of hydrogen-bond acceptors (Lipinski definition) is 3. The fourth-order valence-corrected chi connectivity index (χ4v) is 2.65.